The minimum Gasteiger partial charge on any atom is -0.247 e. The third-order valence-corrected chi connectivity index (χ3v) is 5.14. The molecule has 0 saturated heterocycles. The predicted molar refractivity (Wildman–Crippen MR) is 72.2 cm³/mol. The van der Waals surface area contributed by atoms with Crippen molar-refractivity contribution in [3.05, 3.63) is 16.1 Å². The molecule has 1 aromatic rings. The molecular formula is C10H17ClN2O2S2. The van der Waals surface area contributed by atoms with E-state index in [2.05, 4.69) is 9.71 Å². The van der Waals surface area contributed by atoms with Crippen LogP contribution >= 0.6 is 22.9 Å². The maximum absolute atomic E-state index is 11.6. The van der Waals surface area contributed by atoms with Gasteiger partial charge in [-0.3, -0.25) is 0 Å². The maximum Gasteiger partial charge on any atom is 0.211 e. The lowest BCUT2D eigenvalue weighted by Crippen LogP contribution is -2.31. The smallest absolute Gasteiger partial charge is 0.211 e. The summed E-state index contributed by atoms with van der Waals surface area (Å²) in [5.74, 6) is 0.398. The van der Waals surface area contributed by atoms with Gasteiger partial charge in [0.05, 0.1) is 16.5 Å². The van der Waals surface area contributed by atoms with E-state index in [-0.39, 0.29) is 11.7 Å². The number of halogens is 1. The Morgan fingerprint density at radius 1 is 1.59 bits per heavy atom. The van der Waals surface area contributed by atoms with Gasteiger partial charge < -0.3 is 0 Å². The van der Waals surface area contributed by atoms with E-state index in [9.17, 15) is 8.42 Å². The lowest BCUT2D eigenvalue weighted by atomic mass is 10.3. The lowest BCUT2D eigenvalue weighted by Gasteiger charge is -2.09. The summed E-state index contributed by atoms with van der Waals surface area (Å²) in [6, 6.07) is 0. The molecule has 1 N–H and O–H groups in total. The van der Waals surface area contributed by atoms with Crippen LogP contribution in [0.1, 0.15) is 17.6 Å². The van der Waals surface area contributed by atoms with Crippen LogP contribution in [-0.4, -0.2) is 31.6 Å². The summed E-state index contributed by atoms with van der Waals surface area (Å²) in [6.07, 6.45) is 0.624. The van der Waals surface area contributed by atoms with Gasteiger partial charge in [0, 0.05) is 24.2 Å². The van der Waals surface area contributed by atoms with Crippen molar-refractivity contribution in [2.45, 2.75) is 20.3 Å². The molecule has 0 aromatic carbocycles. The third kappa shape index (κ3) is 5.81. The van der Waals surface area contributed by atoms with Crippen LogP contribution in [0.5, 0.6) is 0 Å². The highest BCUT2D eigenvalue weighted by Gasteiger charge is 2.14. The number of hydrogen-bond donors (Lipinski definition) is 1. The number of hydrogen-bond acceptors (Lipinski definition) is 4. The Bertz CT molecular complexity index is 445. The van der Waals surface area contributed by atoms with Gasteiger partial charge in [0.25, 0.3) is 0 Å². The molecule has 0 spiro atoms. The summed E-state index contributed by atoms with van der Waals surface area (Å²) in [6.45, 7) is 4.14. The Labute approximate surface area is 111 Å². The van der Waals surface area contributed by atoms with Crippen LogP contribution < -0.4 is 4.72 Å². The van der Waals surface area contributed by atoms with Crippen LogP contribution in [0.4, 0.5) is 0 Å². The van der Waals surface area contributed by atoms with E-state index >= 15 is 0 Å². The first-order valence-electron chi connectivity index (χ1n) is 5.37. The number of sulfonamides is 1. The summed E-state index contributed by atoms with van der Waals surface area (Å²) in [7, 11) is -3.22. The van der Waals surface area contributed by atoms with Crippen LogP contribution in [0.3, 0.4) is 0 Å². The van der Waals surface area contributed by atoms with E-state index in [0.717, 1.165) is 10.7 Å². The number of aromatic nitrogens is 1. The minimum atomic E-state index is -3.22. The van der Waals surface area contributed by atoms with Crippen LogP contribution in [0.25, 0.3) is 0 Å². The topological polar surface area (TPSA) is 59.1 Å². The SMILES string of the molecule is Cc1nc(CCNS(=O)(=O)CC(C)CCl)cs1. The molecule has 0 aliphatic carbocycles. The van der Waals surface area contributed by atoms with Gasteiger partial charge in [0.15, 0.2) is 0 Å². The molecule has 17 heavy (non-hydrogen) atoms. The summed E-state index contributed by atoms with van der Waals surface area (Å²) >= 11 is 7.16. The van der Waals surface area contributed by atoms with E-state index < -0.39 is 10.0 Å². The molecule has 0 bridgehead atoms. The van der Waals surface area contributed by atoms with E-state index in [1.807, 2.05) is 19.2 Å². The summed E-state index contributed by atoms with van der Waals surface area (Å²) < 4.78 is 25.8. The molecule has 1 rings (SSSR count). The number of alkyl halides is 1. The van der Waals surface area contributed by atoms with Crippen molar-refractivity contribution < 1.29 is 8.42 Å². The maximum atomic E-state index is 11.6. The highest BCUT2D eigenvalue weighted by atomic mass is 35.5. The van der Waals surface area contributed by atoms with Crippen LogP contribution in [0.2, 0.25) is 0 Å². The van der Waals surface area contributed by atoms with Crippen molar-refractivity contribution in [2.75, 3.05) is 18.2 Å². The van der Waals surface area contributed by atoms with Gasteiger partial charge in [-0.1, -0.05) is 6.92 Å². The van der Waals surface area contributed by atoms with E-state index in [4.69, 9.17) is 11.6 Å². The fourth-order valence-corrected chi connectivity index (χ4v) is 3.62. The van der Waals surface area contributed by atoms with Gasteiger partial charge >= 0.3 is 0 Å². The average Bonchev–Trinajstić information content (AvgIpc) is 2.63. The van der Waals surface area contributed by atoms with Crippen molar-refractivity contribution in [1.82, 2.24) is 9.71 Å². The molecule has 0 saturated carbocycles. The second-order valence-corrected chi connectivity index (χ2v) is 7.27. The molecule has 0 fully saturated rings. The zero-order chi connectivity index (χ0) is 12.9. The number of nitrogens with zero attached hydrogens (tertiary/aromatic N) is 1. The minimum absolute atomic E-state index is 0.0318. The fourth-order valence-electron chi connectivity index (χ4n) is 1.34. The number of thiazole rings is 1. The molecule has 0 aliphatic heterocycles. The molecule has 98 valence electrons. The molecule has 0 amide bonds. The summed E-state index contributed by atoms with van der Waals surface area (Å²) in [4.78, 5) is 4.27. The second-order valence-electron chi connectivity index (χ2n) is 4.04. The lowest BCUT2D eigenvalue weighted by molar-refractivity contribution is 0.568. The number of aryl methyl sites for hydroxylation is 1. The van der Waals surface area contributed by atoms with Gasteiger partial charge in [-0.05, 0) is 12.8 Å². The molecule has 4 nitrogen and oxygen atoms in total. The standard InChI is InChI=1S/C10H17ClN2O2S2/c1-8(5-11)7-17(14,15)12-4-3-10-6-16-9(2)13-10/h6,8,12H,3-5,7H2,1-2H3. The van der Waals surface area contributed by atoms with Gasteiger partial charge in [-0.15, -0.1) is 22.9 Å². The summed E-state index contributed by atoms with van der Waals surface area (Å²) in [5.41, 5.74) is 0.931. The molecule has 0 aliphatic rings. The first-order valence-corrected chi connectivity index (χ1v) is 8.44. The van der Waals surface area contributed by atoms with Gasteiger partial charge in [-0.2, -0.15) is 0 Å². The normalized spacial score (nSPS) is 13.8. The zero-order valence-corrected chi connectivity index (χ0v) is 12.3. The molecular weight excluding hydrogens is 280 g/mol. The second kappa shape index (κ2) is 6.68. The first-order chi connectivity index (χ1) is 7.93. The predicted octanol–water partition coefficient (Wildman–Crippen LogP) is 1.79. The monoisotopic (exact) mass is 296 g/mol. The Hall–Kier alpha value is -0.170. The zero-order valence-electron chi connectivity index (χ0n) is 9.94. The highest BCUT2D eigenvalue weighted by Crippen LogP contribution is 2.08. The Balaban J connectivity index is 2.35. The van der Waals surface area contributed by atoms with E-state index in [0.29, 0.717) is 18.8 Å². The van der Waals surface area contributed by atoms with Crippen molar-refractivity contribution in [1.29, 1.82) is 0 Å². The number of rotatable bonds is 7. The van der Waals surface area contributed by atoms with Crippen LogP contribution in [0.15, 0.2) is 5.38 Å². The third-order valence-electron chi connectivity index (χ3n) is 2.14. The Morgan fingerprint density at radius 2 is 2.29 bits per heavy atom. The average molecular weight is 297 g/mol. The quantitative estimate of drug-likeness (QED) is 0.781. The van der Waals surface area contributed by atoms with Crippen LogP contribution in [0, 0.1) is 12.8 Å². The molecule has 0 radical (unpaired) electrons. The number of nitrogens with one attached hydrogen (secondary N) is 1. The Kier molecular flexibility index (Phi) is 5.85. The van der Waals surface area contributed by atoms with Crippen molar-refractivity contribution >= 4 is 33.0 Å². The van der Waals surface area contributed by atoms with Gasteiger partial charge in [-0.25, -0.2) is 18.1 Å². The fraction of sp³-hybridized carbons (Fsp3) is 0.700. The molecule has 1 aromatic heterocycles. The van der Waals surface area contributed by atoms with Crippen LogP contribution in [-0.2, 0) is 16.4 Å². The van der Waals surface area contributed by atoms with Crippen molar-refractivity contribution in [3.8, 4) is 0 Å². The van der Waals surface area contributed by atoms with Crippen molar-refractivity contribution in [3.63, 3.8) is 0 Å². The van der Waals surface area contributed by atoms with Gasteiger partial charge in [0.2, 0.25) is 10.0 Å². The molecule has 1 unspecified atom stereocenters. The van der Waals surface area contributed by atoms with Crippen molar-refractivity contribution in [2.24, 2.45) is 5.92 Å². The van der Waals surface area contributed by atoms with E-state index in [1.54, 1.807) is 11.3 Å². The van der Waals surface area contributed by atoms with E-state index in [1.165, 1.54) is 0 Å². The summed E-state index contributed by atoms with van der Waals surface area (Å²) in [5, 5.41) is 2.95. The Morgan fingerprint density at radius 3 is 2.82 bits per heavy atom. The molecule has 7 heteroatoms. The molecule has 1 heterocycles. The largest absolute Gasteiger partial charge is 0.247 e. The molecule has 1 atom stereocenters. The first kappa shape index (κ1) is 14.9. The highest BCUT2D eigenvalue weighted by molar-refractivity contribution is 7.89. The van der Waals surface area contributed by atoms with Gasteiger partial charge in [0.1, 0.15) is 0 Å².